The summed E-state index contributed by atoms with van der Waals surface area (Å²) in [6, 6.07) is 0. The molecule has 4 unspecified atom stereocenters. The number of ether oxygens (including phenoxy) is 1. The summed E-state index contributed by atoms with van der Waals surface area (Å²) in [5.74, 6) is 0.0281. The zero-order valence-corrected chi connectivity index (χ0v) is 16.1. The van der Waals surface area contributed by atoms with E-state index in [9.17, 15) is 34.2 Å². The molecule has 0 saturated carbocycles. The molecule has 0 radical (unpaired) electrons. The molecule has 0 aromatic carbocycles. The van der Waals surface area contributed by atoms with E-state index in [2.05, 4.69) is 18.4 Å². The molecular weight excluding hydrogens is 426 g/mol. The fourth-order valence-corrected chi connectivity index (χ4v) is 4.42. The Labute approximate surface area is 159 Å². The first-order chi connectivity index (χ1) is 13.0. The molecule has 0 aliphatic carbocycles. The van der Waals surface area contributed by atoms with E-state index in [4.69, 9.17) is 16.2 Å². The molecule has 2 rings (SSSR count). The number of rotatable bonds is 9. The Morgan fingerprint density at radius 1 is 1.18 bits per heavy atom. The Kier molecular flexibility index (Phi) is 7.72. The van der Waals surface area contributed by atoms with Crippen LogP contribution in [0.25, 0.3) is 0 Å². The Morgan fingerprint density at radius 2 is 1.82 bits per heavy atom. The number of hydrogen-bond acceptors (Lipinski definition) is 13. The molecule has 162 valence electrons. The first-order valence-corrected chi connectivity index (χ1v) is 10.8. The summed E-state index contributed by atoms with van der Waals surface area (Å²) in [6.45, 7) is -1.36. The van der Waals surface area contributed by atoms with Crippen LogP contribution in [-0.4, -0.2) is 86.5 Å². The minimum atomic E-state index is -5.09. The van der Waals surface area contributed by atoms with Gasteiger partial charge in [0.25, 0.3) is 0 Å². The molecule has 7 atom stereocenters. The molecule has 1 saturated heterocycles. The van der Waals surface area contributed by atoms with E-state index >= 15 is 0 Å². The van der Waals surface area contributed by atoms with Crippen LogP contribution >= 0.6 is 15.6 Å². The van der Waals surface area contributed by atoms with Crippen LogP contribution < -0.4 is 11.5 Å². The van der Waals surface area contributed by atoms with Gasteiger partial charge < -0.3 is 46.2 Å². The van der Waals surface area contributed by atoms with Crippen molar-refractivity contribution in [3.8, 4) is 0 Å². The molecule has 28 heavy (non-hydrogen) atoms. The normalized spacial score (nSPS) is 34.7. The fourth-order valence-electron chi connectivity index (χ4n) is 2.33. The lowest BCUT2D eigenvalue weighted by atomic mass is 10.1. The fraction of sp³-hybridized carbons (Fsp3) is 0.727. The van der Waals surface area contributed by atoms with Crippen molar-refractivity contribution in [1.29, 1.82) is 0 Å². The van der Waals surface area contributed by atoms with Crippen LogP contribution in [0.1, 0.15) is 0 Å². The van der Waals surface area contributed by atoms with Gasteiger partial charge in [0.1, 0.15) is 24.1 Å². The number of aliphatic hydroxyl groups is 3. The van der Waals surface area contributed by atoms with Crippen LogP contribution in [0.4, 0.5) is 0 Å². The van der Waals surface area contributed by atoms with Gasteiger partial charge in [0.05, 0.1) is 13.2 Å². The van der Waals surface area contributed by atoms with Gasteiger partial charge in [-0.2, -0.15) is 4.31 Å². The molecule has 0 aromatic heterocycles. The summed E-state index contributed by atoms with van der Waals surface area (Å²) in [5, 5.41) is 30.0. The summed E-state index contributed by atoms with van der Waals surface area (Å²) in [6.07, 6.45) is -4.70. The minimum Gasteiger partial charge on any atom is -0.387 e. The second-order valence-electron chi connectivity index (χ2n) is 5.65. The number of aliphatic imine (C=N–C) groups is 1. The van der Waals surface area contributed by atoms with E-state index in [-0.39, 0.29) is 12.4 Å². The molecule has 17 heteroatoms. The van der Waals surface area contributed by atoms with Crippen molar-refractivity contribution in [2.45, 2.75) is 30.9 Å². The first-order valence-electron chi connectivity index (χ1n) is 7.80. The number of phosphoric acid groups is 2. The van der Waals surface area contributed by atoms with Crippen LogP contribution in [0.2, 0.25) is 0 Å². The van der Waals surface area contributed by atoms with Crippen LogP contribution in [0.3, 0.4) is 0 Å². The molecule has 1 fully saturated rings. The average Bonchev–Trinajstić information content (AvgIpc) is 2.86. The predicted molar refractivity (Wildman–Crippen MR) is 91.0 cm³/mol. The molecule has 0 aromatic rings. The lowest BCUT2D eigenvalue weighted by Crippen LogP contribution is -2.47. The van der Waals surface area contributed by atoms with Gasteiger partial charge in [-0.15, -0.1) is 0 Å². The Bertz CT molecular complexity index is 706. The highest BCUT2D eigenvalue weighted by Gasteiger charge is 2.48. The van der Waals surface area contributed by atoms with Crippen LogP contribution in [0.5, 0.6) is 0 Å². The molecule has 15 nitrogen and oxygen atoms in total. The van der Waals surface area contributed by atoms with Gasteiger partial charge in [0.15, 0.2) is 6.23 Å². The lowest BCUT2D eigenvalue weighted by Gasteiger charge is -2.32. The maximum atomic E-state index is 11.8. The molecule has 0 bridgehead atoms. The lowest BCUT2D eigenvalue weighted by molar-refractivity contribution is -0.129. The van der Waals surface area contributed by atoms with Gasteiger partial charge in [0.2, 0.25) is 6.35 Å². The highest BCUT2D eigenvalue weighted by Crippen LogP contribution is 2.60. The number of hydrogen-bond donors (Lipinski definition) is 7. The minimum absolute atomic E-state index is 0.0281. The summed E-state index contributed by atoms with van der Waals surface area (Å²) < 4.78 is 41.5. The Morgan fingerprint density at radius 3 is 2.43 bits per heavy atom. The zero-order valence-electron chi connectivity index (χ0n) is 14.3. The van der Waals surface area contributed by atoms with Gasteiger partial charge in [-0.3, -0.25) is 9.05 Å². The van der Waals surface area contributed by atoms with E-state index < -0.39 is 59.8 Å². The maximum Gasteiger partial charge on any atom is 0.481 e. The highest BCUT2D eigenvalue weighted by molar-refractivity contribution is 7.61. The van der Waals surface area contributed by atoms with Crippen LogP contribution in [0.15, 0.2) is 17.3 Å². The molecule has 2 heterocycles. The van der Waals surface area contributed by atoms with E-state index in [1.54, 1.807) is 0 Å². The molecule has 2 aliphatic rings. The molecule has 2 aliphatic heterocycles. The van der Waals surface area contributed by atoms with Crippen LogP contribution in [0, 0.1) is 0 Å². The summed E-state index contributed by atoms with van der Waals surface area (Å²) in [5.41, 5.74) is 10.5. The summed E-state index contributed by atoms with van der Waals surface area (Å²) >= 11 is 0. The largest absolute Gasteiger partial charge is 0.481 e. The second kappa shape index (κ2) is 9.26. The standard InChI is InChI=1S/C11H22N4O11P2/c12-2-4-23-27(19,20)26-28(21,22)24-5-6-8(16)9(17)10(25-6)15-3-1-7(13)14-11(15)18/h1,3,6,8-11,16-18H,2,4-5,12H2,(H2,13,14)(H,19,20)(H,21,22)/t6?,8-,9-,10-,11?/m1/s1. The quantitative estimate of drug-likeness (QED) is 0.175. The number of aliphatic hydroxyl groups excluding tert-OH is 3. The van der Waals surface area contributed by atoms with Crippen molar-refractivity contribution in [1.82, 2.24) is 4.90 Å². The predicted octanol–water partition coefficient (Wildman–Crippen LogP) is -2.90. The maximum absolute atomic E-state index is 11.8. The second-order valence-corrected chi connectivity index (χ2v) is 8.69. The number of amidine groups is 1. The first kappa shape index (κ1) is 23.3. The number of nitrogens with zero attached hydrogens (tertiary/aromatic N) is 2. The third-order valence-corrected chi connectivity index (χ3v) is 6.20. The van der Waals surface area contributed by atoms with Gasteiger partial charge in [-0.25, -0.2) is 14.1 Å². The number of phosphoric ester groups is 2. The third kappa shape index (κ3) is 6.03. The van der Waals surface area contributed by atoms with Crippen LogP contribution in [-0.2, 0) is 27.2 Å². The van der Waals surface area contributed by atoms with Gasteiger partial charge >= 0.3 is 15.6 Å². The smallest absolute Gasteiger partial charge is 0.387 e. The van der Waals surface area contributed by atoms with Crippen molar-refractivity contribution < 1.29 is 52.3 Å². The Balaban J connectivity index is 1.95. The van der Waals surface area contributed by atoms with Gasteiger partial charge in [-0.1, -0.05) is 0 Å². The Hall–Kier alpha value is -0.930. The topological polar surface area (TPSA) is 240 Å². The van der Waals surface area contributed by atoms with E-state index in [1.165, 1.54) is 12.3 Å². The molecule has 9 N–H and O–H groups in total. The van der Waals surface area contributed by atoms with Crippen molar-refractivity contribution >= 4 is 21.5 Å². The number of nitrogens with two attached hydrogens (primary N) is 2. The SMILES string of the molecule is NCCOP(=O)(O)OP(=O)(O)OCC1O[C@@H](N2C=CC(N)=NC2O)[C@H](O)[C@@H]1O. The highest BCUT2D eigenvalue weighted by atomic mass is 31.3. The van der Waals surface area contributed by atoms with E-state index in [1.807, 2.05) is 0 Å². The average molecular weight is 448 g/mol. The monoisotopic (exact) mass is 448 g/mol. The van der Waals surface area contributed by atoms with E-state index in [0.29, 0.717) is 0 Å². The van der Waals surface area contributed by atoms with Crippen molar-refractivity contribution in [3.63, 3.8) is 0 Å². The molecular formula is C11H22N4O11P2. The molecule has 0 spiro atoms. The summed E-state index contributed by atoms with van der Waals surface area (Å²) in [7, 11) is -10.0. The van der Waals surface area contributed by atoms with Crippen molar-refractivity contribution in [2.24, 2.45) is 16.5 Å². The summed E-state index contributed by atoms with van der Waals surface area (Å²) in [4.78, 5) is 23.5. The van der Waals surface area contributed by atoms with E-state index in [0.717, 1.165) is 4.90 Å². The van der Waals surface area contributed by atoms with Crippen molar-refractivity contribution in [2.75, 3.05) is 19.8 Å². The third-order valence-electron chi connectivity index (χ3n) is 3.56. The van der Waals surface area contributed by atoms with Gasteiger partial charge in [-0.05, 0) is 6.08 Å². The van der Waals surface area contributed by atoms with Gasteiger partial charge in [0, 0.05) is 12.7 Å². The zero-order chi connectivity index (χ0) is 21.1. The molecule has 0 amide bonds. The van der Waals surface area contributed by atoms with Crippen molar-refractivity contribution in [3.05, 3.63) is 12.3 Å².